The number of pyridine rings is 1. The number of para-hydroxylation sites is 1. The van der Waals surface area contributed by atoms with E-state index in [0.717, 1.165) is 33.2 Å². The number of allylic oxidation sites excluding steroid dienone is 1. The molecule has 0 spiro atoms. The molecule has 5 heteroatoms. The van der Waals surface area contributed by atoms with Gasteiger partial charge < -0.3 is 9.13 Å². The first-order chi connectivity index (χ1) is 26.2. The zero-order valence-electron chi connectivity index (χ0n) is 28.7. The number of aryl methyl sites for hydroxylation is 1. The summed E-state index contributed by atoms with van der Waals surface area (Å²) in [6.07, 6.45) is 11.4. The lowest BCUT2D eigenvalue weighted by Crippen LogP contribution is -1.95. The Hall–Kier alpha value is -6.45. The number of nitrogens with zero attached hydrogens (tertiary/aromatic N) is 3. The van der Waals surface area contributed by atoms with Gasteiger partial charge in [0.2, 0.25) is 0 Å². The maximum Gasteiger partial charge on any atom is 0.0963 e. The van der Waals surface area contributed by atoms with Crippen molar-refractivity contribution in [2.75, 3.05) is 0 Å². The van der Waals surface area contributed by atoms with E-state index in [1.165, 1.54) is 73.8 Å². The van der Waals surface area contributed by atoms with E-state index in [1.807, 2.05) is 34.9 Å². The maximum absolute atomic E-state index is 5.66. The summed E-state index contributed by atoms with van der Waals surface area (Å²) in [6.45, 7) is 2.18. The fraction of sp³-hybridized carbons (Fsp3) is 0.0208. The molecule has 3 nitrogen and oxygen atoms in total. The van der Waals surface area contributed by atoms with E-state index < -0.39 is 0 Å². The Kier molecular flexibility index (Phi) is 6.57. The van der Waals surface area contributed by atoms with Gasteiger partial charge in [0.05, 0.1) is 39.0 Å². The summed E-state index contributed by atoms with van der Waals surface area (Å²) < 4.78 is 8.67. The number of fused-ring (bicyclic) bond motifs is 10. The second-order valence-electron chi connectivity index (χ2n) is 13.5. The average Bonchev–Trinajstić information content (AvgIpc) is 3.93. The van der Waals surface area contributed by atoms with E-state index in [-0.39, 0.29) is 0 Å². The minimum atomic E-state index is 1.01. The molecule has 5 aromatic heterocycles. The molecule has 6 aromatic carbocycles. The van der Waals surface area contributed by atoms with Crippen LogP contribution in [0.4, 0.5) is 0 Å². The predicted octanol–water partition coefficient (Wildman–Crippen LogP) is 13.5. The maximum atomic E-state index is 5.66. The van der Waals surface area contributed by atoms with Gasteiger partial charge in [-0.05, 0) is 109 Å². The summed E-state index contributed by atoms with van der Waals surface area (Å²) in [4.78, 5) is 6.22. The van der Waals surface area contributed by atoms with Gasteiger partial charge >= 0.3 is 0 Å². The number of hydrogen-bond donors (Lipinski definition) is 0. The molecule has 0 bridgehead atoms. The zero-order valence-corrected chi connectivity index (χ0v) is 30.3. The minimum Gasteiger partial charge on any atom is -0.309 e. The van der Waals surface area contributed by atoms with Crippen LogP contribution >= 0.6 is 22.7 Å². The molecule has 0 aliphatic heterocycles. The third kappa shape index (κ3) is 4.37. The van der Waals surface area contributed by atoms with Crippen molar-refractivity contribution in [3.05, 3.63) is 156 Å². The second kappa shape index (κ2) is 11.5. The highest BCUT2D eigenvalue weighted by atomic mass is 32.1. The first-order valence-corrected chi connectivity index (χ1v) is 19.3. The third-order valence-electron chi connectivity index (χ3n) is 10.7. The van der Waals surface area contributed by atoms with Gasteiger partial charge in [-0.25, -0.2) is 0 Å². The van der Waals surface area contributed by atoms with Crippen molar-refractivity contribution >= 4 is 103 Å². The molecule has 0 fully saturated rings. The normalized spacial score (nSPS) is 12.2. The number of hydrogen-bond acceptors (Lipinski definition) is 3. The standard InChI is InChI=1S/C48H29N3S2/c1-3-4-12-32-29(2)52-44-20-9-16-40(46(32)44)50-37-15-7-5-13-33(37)35-27-30(22-24-38(35)50)31-23-25-39-36(28-31)48-42(18-11-26-49-48)51(39)41-17-10-21-45-47(41)34-14-6-8-19-43(34)53-45/h1,4-28H,2H3/b12-4-. The lowest BCUT2D eigenvalue weighted by atomic mass is 10.0. The van der Waals surface area contributed by atoms with Crippen LogP contribution in [0.2, 0.25) is 0 Å². The fourth-order valence-electron chi connectivity index (χ4n) is 8.42. The Labute approximate surface area is 313 Å². The van der Waals surface area contributed by atoms with Crippen molar-refractivity contribution in [1.82, 2.24) is 14.1 Å². The molecule has 0 amide bonds. The van der Waals surface area contributed by atoms with Gasteiger partial charge in [-0.1, -0.05) is 66.6 Å². The largest absolute Gasteiger partial charge is 0.309 e. The van der Waals surface area contributed by atoms with Crippen molar-refractivity contribution < 1.29 is 0 Å². The fourth-order valence-corrected chi connectivity index (χ4v) is 10.6. The molecule has 0 atom stereocenters. The van der Waals surface area contributed by atoms with Gasteiger partial charge in [-0.2, -0.15) is 0 Å². The molecular weight excluding hydrogens is 683 g/mol. The number of rotatable bonds is 4. The SMILES string of the molecule is C#C/C=C\c1c(C)sc2cccc(-n3c4ccccc4c4cc(-c5ccc6c(c5)c5ncccc5n6-c5cccc6sc7ccccc7c56)ccc43)c12. The molecular formula is C48H29N3S2. The van der Waals surface area contributed by atoms with E-state index >= 15 is 0 Å². The Balaban J connectivity index is 1.13. The first-order valence-electron chi connectivity index (χ1n) is 17.7. The second-order valence-corrected chi connectivity index (χ2v) is 15.8. The minimum absolute atomic E-state index is 1.01. The lowest BCUT2D eigenvalue weighted by Gasteiger charge is -2.11. The Morgan fingerprint density at radius 2 is 1.19 bits per heavy atom. The van der Waals surface area contributed by atoms with Crippen molar-refractivity contribution in [1.29, 1.82) is 0 Å². The van der Waals surface area contributed by atoms with Crippen molar-refractivity contribution in [3.8, 4) is 34.8 Å². The zero-order chi connectivity index (χ0) is 35.2. The summed E-state index contributed by atoms with van der Waals surface area (Å²) in [5.74, 6) is 2.69. The molecule has 11 rings (SSSR count). The highest BCUT2D eigenvalue weighted by Crippen LogP contribution is 2.43. The summed E-state index contributed by atoms with van der Waals surface area (Å²) in [5.41, 5.74) is 11.5. The average molecular weight is 712 g/mol. The molecule has 0 aliphatic rings. The molecule has 0 unspecified atom stereocenters. The van der Waals surface area contributed by atoms with E-state index in [9.17, 15) is 0 Å². The summed E-state index contributed by atoms with van der Waals surface area (Å²) in [5, 5.41) is 7.40. The third-order valence-corrected chi connectivity index (χ3v) is 12.9. The van der Waals surface area contributed by atoms with Crippen LogP contribution in [0.5, 0.6) is 0 Å². The highest BCUT2D eigenvalue weighted by molar-refractivity contribution is 7.25. The van der Waals surface area contributed by atoms with Crippen LogP contribution in [0, 0.1) is 19.3 Å². The topological polar surface area (TPSA) is 22.8 Å². The summed E-state index contributed by atoms with van der Waals surface area (Å²) in [6, 6.07) is 48.7. The predicted molar refractivity (Wildman–Crippen MR) is 229 cm³/mol. The Morgan fingerprint density at radius 1 is 0.566 bits per heavy atom. The van der Waals surface area contributed by atoms with E-state index in [1.54, 1.807) is 6.08 Å². The van der Waals surface area contributed by atoms with Crippen LogP contribution in [0.3, 0.4) is 0 Å². The number of terminal acetylenes is 1. The van der Waals surface area contributed by atoms with Crippen LogP contribution in [0.1, 0.15) is 10.4 Å². The van der Waals surface area contributed by atoms with E-state index in [4.69, 9.17) is 11.4 Å². The highest BCUT2D eigenvalue weighted by Gasteiger charge is 2.20. The van der Waals surface area contributed by atoms with Gasteiger partial charge in [0.15, 0.2) is 0 Å². The number of aromatic nitrogens is 3. The van der Waals surface area contributed by atoms with Crippen LogP contribution in [-0.2, 0) is 0 Å². The van der Waals surface area contributed by atoms with Crippen molar-refractivity contribution in [2.45, 2.75) is 6.92 Å². The van der Waals surface area contributed by atoms with Crippen molar-refractivity contribution in [3.63, 3.8) is 0 Å². The van der Waals surface area contributed by atoms with Crippen molar-refractivity contribution in [2.24, 2.45) is 0 Å². The first kappa shape index (κ1) is 30.2. The van der Waals surface area contributed by atoms with Crippen LogP contribution in [0.25, 0.3) is 103 Å². The number of benzene rings is 6. The van der Waals surface area contributed by atoms with Gasteiger partial charge in [-0.3, -0.25) is 4.98 Å². The molecule has 248 valence electrons. The molecule has 0 radical (unpaired) electrons. The summed E-state index contributed by atoms with van der Waals surface area (Å²) in [7, 11) is 0. The van der Waals surface area contributed by atoms with Crippen LogP contribution < -0.4 is 0 Å². The van der Waals surface area contributed by atoms with Gasteiger partial charge in [-0.15, -0.1) is 29.1 Å². The Bertz CT molecular complexity index is 3380. The quantitative estimate of drug-likeness (QED) is 0.167. The molecule has 0 N–H and O–H groups in total. The van der Waals surface area contributed by atoms with Crippen LogP contribution in [0.15, 0.2) is 146 Å². The molecule has 0 saturated carbocycles. The summed E-state index contributed by atoms with van der Waals surface area (Å²) >= 11 is 3.66. The Morgan fingerprint density at radius 3 is 2.00 bits per heavy atom. The molecule has 0 aliphatic carbocycles. The monoisotopic (exact) mass is 711 g/mol. The molecule has 11 aromatic rings. The van der Waals surface area contributed by atoms with E-state index in [2.05, 4.69) is 155 Å². The molecule has 5 heterocycles. The molecule has 0 saturated heterocycles. The number of thiophene rings is 2. The molecule has 53 heavy (non-hydrogen) atoms. The lowest BCUT2D eigenvalue weighted by molar-refractivity contribution is 1.19. The van der Waals surface area contributed by atoms with Gasteiger partial charge in [0.1, 0.15) is 0 Å². The van der Waals surface area contributed by atoms with Crippen LogP contribution in [-0.4, -0.2) is 14.1 Å². The van der Waals surface area contributed by atoms with Gasteiger partial charge in [0, 0.05) is 57.5 Å². The van der Waals surface area contributed by atoms with E-state index in [0.29, 0.717) is 0 Å². The smallest absolute Gasteiger partial charge is 0.0963 e. The van der Waals surface area contributed by atoms with Gasteiger partial charge in [0.25, 0.3) is 0 Å².